The summed E-state index contributed by atoms with van der Waals surface area (Å²) in [6.07, 6.45) is 0. The Kier molecular flexibility index (Phi) is 4.41. The fourth-order valence-electron chi connectivity index (χ4n) is 1.95. The predicted octanol–water partition coefficient (Wildman–Crippen LogP) is 3.32. The lowest BCUT2D eigenvalue weighted by molar-refractivity contribution is 0.0600. The molecule has 0 aromatic heterocycles. The topological polar surface area (TPSA) is 83.1 Å². The van der Waals surface area contributed by atoms with Crippen LogP contribution in [-0.4, -0.2) is 13.1 Å². The molecule has 2 rings (SSSR count). The van der Waals surface area contributed by atoms with Crippen LogP contribution in [0, 0.1) is 29.6 Å². The fraction of sp³-hybridized carbons (Fsp3) is 0.118. The van der Waals surface area contributed by atoms with Crippen molar-refractivity contribution in [3.63, 3.8) is 0 Å². The summed E-state index contributed by atoms with van der Waals surface area (Å²) in [6, 6.07) is 13.6. The van der Waals surface area contributed by atoms with Gasteiger partial charge in [-0.25, -0.2) is 4.79 Å². The molecular weight excluding hydrogens is 280 g/mol. The van der Waals surface area contributed by atoms with E-state index in [1.54, 1.807) is 43.3 Å². The molecule has 0 bridgehead atoms. The molecule has 5 heteroatoms. The van der Waals surface area contributed by atoms with Crippen LogP contribution in [-0.2, 0) is 4.74 Å². The van der Waals surface area contributed by atoms with Crippen LogP contribution in [0.15, 0.2) is 36.4 Å². The van der Waals surface area contributed by atoms with Crippen molar-refractivity contribution in [1.82, 2.24) is 0 Å². The molecule has 0 N–H and O–H groups in total. The van der Waals surface area contributed by atoms with Gasteiger partial charge in [-0.05, 0) is 42.8 Å². The maximum Gasteiger partial charge on any atom is 0.337 e. The number of benzene rings is 2. The highest BCUT2D eigenvalue weighted by Crippen LogP contribution is 2.29. The summed E-state index contributed by atoms with van der Waals surface area (Å²) in [6.45, 7) is 1.78. The van der Waals surface area contributed by atoms with Gasteiger partial charge in [0.15, 0.2) is 0 Å². The minimum Gasteiger partial charge on any atom is -0.465 e. The van der Waals surface area contributed by atoms with Crippen LogP contribution in [0.1, 0.15) is 27.0 Å². The van der Waals surface area contributed by atoms with Gasteiger partial charge in [0.2, 0.25) is 0 Å². The lowest BCUT2D eigenvalue weighted by Gasteiger charge is -2.11. The molecule has 2 aromatic carbocycles. The first-order valence-electron chi connectivity index (χ1n) is 6.40. The Morgan fingerprint density at radius 3 is 2.45 bits per heavy atom. The Balaban J connectivity index is 2.39. The molecule has 108 valence electrons. The second kappa shape index (κ2) is 6.43. The van der Waals surface area contributed by atoms with Crippen LogP contribution in [0.3, 0.4) is 0 Å². The van der Waals surface area contributed by atoms with Crippen molar-refractivity contribution in [3.05, 3.63) is 58.7 Å². The van der Waals surface area contributed by atoms with Gasteiger partial charge in [0.25, 0.3) is 0 Å². The Hall–Kier alpha value is -3.31. The quantitative estimate of drug-likeness (QED) is 0.810. The number of hydrogen-bond donors (Lipinski definition) is 0. The molecule has 0 aliphatic rings. The molecule has 0 radical (unpaired) electrons. The predicted molar refractivity (Wildman–Crippen MR) is 78.5 cm³/mol. The van der Waals surface area contributed by atoms with Crippen molar-refractivity contribution < 1.29 is 14.3 Å². The summed E-state index contributed by atoms with van der Waals surface area (Å²) in [5.74, 6) is 0.369. The van der Waals surface area contributed by atoms with Crippen LogP contribution in [0.4, 0.5) is 0 Å². The molecule has 0 heterocycles. The lowest BCUT2D eigenvalue weighted by atomic mass is 10.1. The zero-order valence-corrected chi connectivity index (χ0v) is 12.1. The summed E-state index contributed by atoms with van der Waals surface area (Å²) in [4.78, 5) is 11.5. The smallest absolute Gasteiger partial charge is 0.337 e. The molecule has 2 aromatic rings. The number of nitrogens with zero attached hydrogens (tertiary/aromatic N) is 2. The lowest BCUT2D eigenvalue weighted by Crippen LogP contribution is -2.02. The van der Waals surface area contributed by atoms with Crippen molar-refractivity contribution in [1.29, 1.82) is 10.5 Å². The van der Waals surface area contributed by atoms with Crippen LogP contribution in [0.5, 0.6) is 11.5 Å². The van der Waals surface area contributed by atoms with E-state index in [1.807, 2.05) is 12.1 Å². The Labute approximate surface area is 127 Å². The van der Waals surface area contributed by atoms with Crippen molar-refractivity contribution in [2.24, 2.45) is 0 Å². The fourth-order valence-corrected chi connectivity index (χ4v) is 1.95. The molecule has 0 fully saturated rings. The van der Waals surface area contributed by atoms with Crippen LogP contribution >= 0.6 is 0 Å². The first-order valence-corrected chi connectivity index (χ1v) is 6.40. The third kappa shape index (κ3) is 2.89. The van der Waals surface area contributed by atoms with Gasteiger partial charge < -0.3 is 9.47 Å². The number of aryl methyl sites for hydroxylation is 1. The molecule has 0 atom stereocenters. The molecule has 0 aliphatic heterocycles. The van der Waals surface area contributed by atoms with Crippen molar-refractivity contribution >= 4 is 5.97 Å². The second-order valence-electron chi connectivity index (χ2n) is 4.48. The largest absolute Gasteiger partial charge is 0.465 e. The number of carbonyl (C=O) groups excluding carboxylic acids is 1. The Morgan fingerprint density at radius 2 is 1.86 bits per heavy atom. The second-order valence-corrected chi connectivity index (χ2v) is 4.48. The van der Waals surface area contributed by atoms with Gasteiger partial charge in [0.1, 0.15) is 29.2 Å². The normalized spacial score (nSPS) is 9.45. The summed E-state index contributed by atoms with van der Waals surface area (Å²) >= 11 is 0. The number of ether oxygens (including phenoxy) is 2. The van der Waals surface area contributed by atoms with E-state index >= 15 is 0 Å². The van der Waals surface area contributed by atoms with E-state index in [4.69, 9.17) is 10.00 Å². The standard InChI is InChI=1S/C17H12N2O3/c1-11-8-12(17(20)21-2)6-7-15(11)22-16-5-3-4-13(9-18)14(16)10-19/h3-8H,1-2H3. The molecule has 0 spiro atoms. The van der Waals surface area contributed by atoms with Gasteiger partial charge in [-0.2, -0.15) is 10.5 Å². The summed E-state index contributed by atoms with van der Waals surface area (Å²) in [5.41, 5.74) is 1.57. The highest BCUT2D eigenvalue weighted by Gasteiger charge is 2.12. The molecule has 22 heavy (non-hydrogen) atoms. The van der Waals surface area contributed by atoms with E-state index in [0.29, 0.717) is 22.6 Å². The number of carbonyl (C=O) groups is 1. The number of rotatable bonds is 3. The van der Waals surface area contributed by atoms with E-state index in [0.717, 1.165) is 0 Å². The SMILES string of the molecule is COC(=O)c1ccc(Oc2cccc(C#N)c2C#N)c(C)c1. The third-order valence-electron chi connectivity index (χ3n) is 3.07. The Bertz CT molecular complexity index is 814. The van der Waals surface area contributed by atoms with Crippen LogP contribution in [0.25, 0.3) is 0 Å². The maximum atomic E-state index is 11.5. The average Bonchev–Trinajstić information content (AvgIpc) is 2.55. The monoisotopic (exact) mass is 292 g/mol. The van der Waals surface area contributed by atoms with E-state index in [9.17, 15) is 10.1 Å². The first kappa shape index (κ1) is 15.1. The van der Waals surface area contributed by atoms with Gasteiger partial charge in [-0.15, -0.1) is 0 Å². The first-order chi connectivity index (χ1) is 10.6. The zero-order chi connectivity index (χ0) is 16.1. The molecule has 0 unspecified atom stereocenters. The van der Waals surface area contributed by atoms with Crippen molar-refractivity contribution in [3.8, 4) is 23.6 Å². The Morgan fingerprint density at radius 1 is 1.09 bits per heavy atom. The molecular formula is C17H12N2O3. The molecule has 0 aliphatic carbocycles. The van der Waals surface area contributed by atoms with Crippen LogP contribution < -0.4 is 4.74 Å². The van der Waals surface area contributed by atoms with E-state index < -0.39 is 5.97 Å². The summed E-state index contributed by atoms with van der Waals surface area (Å²) in [5, 5.41) is 18.2. The molecule has 0 saturated carbocycles. The average molecular weight is 292 g/mol. The molecule has 0 amide bonds. The molecule has 0 saturated heterocycles. The van der Waals surface area contributed by atoms with Crippen LogP contribution in [0.2, 0.25) is 0 Å². The number of hydrogen-bond acceptors (Lipinski definition) is 5. The van der Waals surface area contributed by atoms with Gasteiger partial charge in [-0.3, -0.25) is 0 Å². The number of nitriles is 2. The van der Waals surface area contributed by atoms with Gasteiger partial charge >= 0.3 is 5.97 Å². The number of esters is 1. The van der Waals surface area contributed by atoms with Crippen molar-refractivity contribution in [2.45, 2.75) is 6.92 Å². The highest BCUT2D eigenvalue weighted by atomic mass is 16.5. The van der Waals surface area contributed by atoms with Crippen molar-refractivity contribution in [2.75, 3.05) is 7.11 Å². The number of methoxy groups -OCH3 is 1. The van der Waals surface area contributed by atoms with Gasteiger partial charge in [0.05, 0.1) is 18.2 Å². The minimum atomic E-state index is -0.432. The third-order valence-corrected chi connectivity index (χ3v) is 3.07. The van der Waals surface area contributed by atoms with E-state index in [-0.39, 0.29) is 11.1 Å². The maximum absolute atomic E-state index is 11.5. The molecule has 5 nitrogen and oxygen atoms in total. The van der Waals surface area contributed by atoms with Gasteiger partial charge in [0, 0.05) is 0 Å². The summed E-state index contributed by atoms with van der Waals surface area (Å²) in [7, 11) is 1.31. The zero-order valence-electron chi connectivity index (χ0n) is 12.1. The summed E-state index contributed by atoms with van der Waals surface area (Å²) < 4.78 is 10.4. The van der Waals surface area contributed by atoms with Gasteiger partial charge in [-0.1, -0.05) is 6.07 Å². The minimum absolute atomic E-state index is 0.182. The van der Waals surface area contributed by atoms with E-state index in [1.165, 1.54) is 7.11 Å². The highest BCUT2D eigenvalue weighted by molar-refractivity contribution is 5.89. The van der Waals surface area contributed by atoms with E-state index in [2.05, 4.69) is 4.74 Å².